The molecule has 5 rings (SSSR count). The Balaban J connectivity index is 1.58. The van der Waals surface area contributed by atoms with Gasteiger partial charge in [0.25, 0.3) is 0 Å². The molecule has 0 saturated heterocycles. The molecule has 0 atom stereocenters. The zero-order chi connectivity index (χ0) is 27.0. The third-order valence-electron chi connectivity index (χ3n) is 7.49. The van der Waals surface area contributed by atoms with E-state index in [0.29, 0.717) is 38.9 Å². The van der Waals surface area contributed by atoms with Crippen LogP contribution in [0.15, 0.2) is 57.3 Å². The number of nitrogens with zero attached hydrogens (tertiary/aromatic N) is 1. The maximum atomic E-state index is 13.5. The fourth-order valence-corrected chi connectivity index (χ4v) is 6.77. The van der Waals surface area contributed by atoms with Crippen LogP contribution in [0.5, 0.6) is 11.5 Å². The van der Waals surface area contributed by atoms with E-state index in [-0.39, 0.29) is 18.2 Å². The molecular formula is C30H30BrCl2NO4. The minimum Gasteiger partial charge on any atom is -0.493 e. The van der Waals surface area contributed by atoms with Crippen molar-refractivity contribution >= 4 is 50.7 Å². The maximum absolute atomic E-state index is 13.5. The van der Waals surface area contributed by atoms with Gasteiger partial charge in [0.1, 0.15) is 6.61 Å². The van der Waals surface area contributed by atoms with Crippen molar-refractivity contribution < 1.29 is 19.1 Å². The number of halogens is 3. The number of hydrogen-bond donors (Lipinski definition) is 0. The van der Waals surface area contributed by atoms with Gasteiger partial charge in [-0.1, -0.05) is 36.2 Å². The van der Waals surface area contributed by atoms with Crippen LogP contribution in [0.4, 0.5) is 0 Å². The van der Waals surface area contributed by atoms with Crippen LogP contribution in [0.2, 0.25) is 10.0 Å². The molecule has 0 unspecified atom stereocenters. The van der Waals surface area contributed by atoms with E-state index >= 15 is 0 Å². The van der Waals surface area contributed by atoms with Gasteiger partial charge in [-0.25, -0.2) is 0 Å². The van der Waals surface area contributed by atoms with Crippen molar-refractivity contribution in [1.29, 1.82) is 0 Å². The van der Waals surface area contributed by atoms with Crippen LogP contribution in [-0.2, 0) is 16.2 Å². The molecule has 200 valence electrons. The predicted octanol–water partition coefficient (Wildman–Crippen LogP) is 8.17. The summed E-state index contributed by atoms with van der Waals surface area (Å²) in [6, 6.07) is 9.24. The molecule has 3 aliphatic rings. The number of hydrogen-bond acceptors (Lipinski definition) is 5. The summed E-state index contributed by atoms with van der Waals surface area (Å²) >= 11 is 15.9. The molecule has 1 heterocycles. The van der Waals surface area contributed by atoms with Gasteiger partial charge in [-0.2, -0.15) is 0 Å². The van der Waals surface area contributed by atoms with Crippen molar-refractivity contribution in [2.75, 3.05) is 13.7 Å². The molecule has 0 spiro atoms. The molecule has 0 saturated carbocycles. The first-order chi connectivity index (χ1) is 18.3. The van der Waals surface area contributed by atoms with E-state index in [4.69, 9.17) is 32.7 Å². The van der Waals surface area contributed by atoms with Crippen molar-refractivity contribution in [3.8, 4) is 11.5 Å². The van der Waals surface area contributed by atoms with Gasteiger partial charge in [0.15, 0.2) is 23.1 Å². The Morgan fingerprint density at radius 1 is 0.947 bits per heavy atom. The Kier molecular flexibility index (Phi) is 8.22. The van der Waals surface area contributed by atoms with E-state index in [0.717, 1.165) is 72.3 Å². The molecule has 0 radical (unpaired) electrons. The quantitative estimate of drug-likeness (QED) is 0.313. The fraction of sp³-hybridized carbons (Fsp3) is 0.400. The lowest BCUT2D eigenvalue weighted by molar-refractivity contribution is -0.117. The first kappa shape index (κ1) is 27.3. The first-order valence-corrected chi connectivity index (χ1v) is 14.6. The molecule has 8 heteroatoms. The van der Waals surface area contributed by atoms with Gasteiger partial charge in [0, 0.05) is 47.8 Å². The van der Waals surface area contributed by atoms with E-state index in [2.05, 4.69) is 27.8 Å². The SMILES string of the molecule is CCCN1C2=C(C(=O)CCC2)C(c2cc(Br)c(OCc3ccc(Cl)c(Cl)c3)c(OC)c2)C2=C1CCCC2=O. The molecule has 0 amide bonds. The van der Waals surface area contributed by atoms with Gasteiger partial charge in [-0.15, -0.1) is 0 Å². The highest BCUT2D eigenvalue weighted by atomic mass is 79.9. The zero-order valence-corrected chi connectivity index (χ0v) is 24.6. The van der Waals surface area contributed by atoms with Crippen LogP contribution in [0.1, 0.15) is 68.9 Å². The minimum absolute atomic E-state index is 0.136. The molecule has 2 aromatic carbocycles. The Labute approximate surface area is 241 Å². The molecule has 0 aromatic heterocycles. The molecule has 1 aliphatic heterocycles. The second-order valence-electron chi connectivity index (χ2n) is 9.93. The van der Waals surface area contributed by atoms with Crippen molar-refractivity contribution in [2.45, 2.75) is 64.4 Å². The molecule has 0 fully saturated rings. The number of methoxy groups -OCH3 is 1. The van der Waals surface area contributed by atoms with Crippen LogP contribution in [0, 0.1) is 0 Å². The summed E-state index contributed by atoms with van der Waals surface area (Å²) in [7, 11) is 1.59. The normalized spacial score (nSPS) is 18.1. The fourth-order valence-electron chi connectivity index (χ4n) is 5.87. The van der Waals surface area contributed by atoms with Crippen LogP contribution >= 0.6 is 39.1 Å². The van der Waals surface area contributed by atoms with Gasteiger partial charge >= 0.3 is 0 Å². The molecule has 2 aromatic rings. The summed E-state index contributed by atoms with van der Waals surface area (Å²) in [6.07, 6.45) is 5.36. The predicted molar refractivity (Wildman–Crippen MR) is 153 cm³/mol. The van der Waals surface area contributed by atoms with E-state index < -0.39 is 5.92 Å². The van der Waals surface area contributed by atoms with E-state index in [1.807, 2.05) is 18.2 Å². The largest absolute Gasteiger partial charge is 0.493 e. The lowest BCUT2D eigenvalue weighted by atomic mass is 9.71. The standard InChI is InChI=1S/C30H30BrCl2NO4/c1-3-12-34-22-6-4-8-24(35)28(22)27(29-23(34)7-5-9-25(29)36)18-14-19(31)30(26(15-18)37-2)38-16-17-10-11-20(32)21(33)13-17/h10-11,13-15,27H,3-9,12,16H2,1-2H3. The third kappa shape index (κ3) is 5.03. The monoisotopic (exact) mass is 617 g/mol. The van der Waals surface area contributed by atoms with Crippen molar-refractivity contribution in [2.24, 2.45) is 0 Å². The topological polar surface area (TPSA) is 55.8 Å². The third-order valence-corrected chi connectivity index (χ3v) is 8.81. The number of allylic oxidation sites excluding steroid dienone is 4. The molecular weight excluding hydrogens is 589 g/mol. The maximum Gasteiger partial charge on any atom is 0.175 e. The number of ketones is 2. The van der Waals surface area contributed by atoms with E-state index in [1.165, 1.54) is 0 Å². The average Bonchev–Trinajstić information content (AvgIpc) is 2.90. The van der Waals surface area contributed by atoms with Gasteiger partial charge < -0.3 is 14.4 Å². The van der Waals surface area contributed by atoms with Crippen LogP contribution < -0.4 is 9.47 Å². The van der Waals surface area contributed by atoms with Crippen LogP contribution in [0.3, 0.4) is 0 Å². The van der Waals surface area contributed by atoms with Crippen LogP contribution in [0.25, 0.3) is 0 Å². The summed E-state index contributed by atoms with van der Waals surface area (Å²) in [5.41, 5.74) is 5.46. The number of carbonyl (C=O) groups is 2. The number of rotatable bonds is 7. The van der Waals surface area contributed by atoms with E-state index in [9.17, 15) is 9.59 Å². The van der Waals surface area contributed by atoms with E-state index in [1.54, 1.807) is 19.2 Å². The highest BCUT2D eigenvalue weighted by Gasteiger charge is 2.43. The Morgan fingerprint density at radius 3 is 2.18 bits per heavy atom. The van der Waals surface area contributed by atoms with Gasteiger partial charge in [-0.05, 0) is 83.4 Å². The smallest absolute Gasteiger partial charge is 0.175 e. The molecule has 0 N–H and O–H groups in total. The lowest BCUT2D eigenvalue weighted by Crippen LogP contribution is -2.39. The molecule has 5 nitrogen and oxygen atoms in total. The summed E-state index contributed by atoms with van der Waals surface area (Å²) in [5.74, 6) is 0.943. The Bertz CT molecular complexity index is 1320. The Morgan fingerprint density at radius 2 is 1.61 bits per heavy atom. The average molecular weight is 619 g/mol. The van der Waals surface area contributed by atoms with Crippen molar-refractivity contribution in [1.82, 2.24) is 4.90 Å². The zero-order valence-electron chi connectivity index (χ0n) is 21.5. The van der Waals surface area contributed by atoms with Gasteiger partial charge in [-0.3, -0.25) is 9.59 Å². The number of carbonyl (C=O) groups excluding carboxylic acids is 2. The molecule has 0 bridgehead atoms. The lowest BCUT2D eigenvalue weighted by Gasteiger charge is -2.44. The second-order valence-corrected chi connectivity index (χ2v) is 11.6. The highest BCUT2D eigenvalue weighted by molar-refractivity contribution is 9.10. The van der Waals surface area contributed by atoms with Crippen LogP contribution in [-0.4, -0.2) is 30.1 Å². The van der Waals surface area contributed by atoms with Gasteiger partial charge in [0.2, 0.25) is 0 Å². The summed E-state index contributed by atoms with van der Waals surface area (Å²) in [5, 5.41) is 0.950. The number of Topliss-reactive ketones (excluding diaryl/α,β-unsaturated/α-hetero) is 2. The molecule has 2 aliphatic carbocycles. The minimum atomic E-state index is -0.400. The first-order valence-electron chi connectivity index (χ1n) is 13.1. The van der Waals surface area contributed by atoms with Crippen molar-refractivity contribution in [3.63, 3.8) is 0 Å². The summed E-state index contributed by atoms with van der Waals surface area (Å²) < 4.78 is 12.6. The summed E-state index contributed by atoms with van der Waals surface area (Å²) in [4.78, 5) is 29.2. The second kappa shape index (κ2) is 11.4. The number of benzene rings is 2. The summed E-state index contributed by atoms with van der Waals surface area (Å²) in [6.45, 7) is 3.22. The highest BCUT2D eigenvalue weighted by Crippen LogP contribution is 2.51. The van der Waals surface area contributed by atoms with Gasteiger partial charge in [0.05, 0.1) is 21.6 Å². The van der Waals surface area contributed by atoms with Crippen molar-refractivity contribution in [3.05, 3.63) is 78.5 Å². The Hall–Kier alpha value is -2.28. The molecule has 38 heavy (non-hydrogen) atoms. The number of ether oxygens (including phenoxy) is 2.